The van der Waals surface area contributed by atoms with E-state index >= 15 is 0 Å². The third-order valence-corrected chi connectivity index (χ3v) is 3.58. The molecule has 5 heteroatoms. The number of carbonyl (C=O) groups excluding carboxylic acids is 1. The average molecular weight is 262 g/mol. The van der Waals surface area contributed by atoms with Gasteiger partial charge in [0, 0.05) is 0 Å². The lowest BCUT2D eigenvalue weighted by molar-refractivity contribution is -0.138. The Morgan fingerprint density at radius 3 is 2.42 bits per heavy atom. The molecule has 0 radical (unpaired) electrons. The number of hydrogen-bond acceptors (Lipinski definition) is 3. The summed E-state index contributed by atoms with van der Waals surface area (Å²) >= 11 is 0. The van der Waals surface area contributed by atoms with Gasteiger partial charge in [-0.25, -0.2) is 0 Å². The number of hydrogen-bond donors (Lipinski definition) is 3. The van der Waals surface area contributed by atoms with Crippen molar-refractivity contribution in [1.29, 1.82) is 0 Å². The summed E-state index contributed by atoms with van der Waals surface area (Å²) in [6.07, 6.45) is 2.12. The molecule has 5 nitrogen and oxygen atoms in total. The summed E-state index contributed by atoms with van der Waals surface area (Å²) in [6.45, 7) is 0. The molecule has 0 spiro atoms. The second-order valence-electron chi connectivity index (χ2n) is 5.04. The highest BCUT2D eigenvalue weighted by atomic mass is 16.4. The van der Waals surface area contributed by atoms with Gasteiger partial charge < -0.3 is 16.2 Å². The maximum Gasteiger partial charge on any atom is 0.305 e. The number of amides is 1. The molecular weight excluding hydrogens is 244 g/mol. The van der Waals surface area contributed by atoms with E-state index in [1.165, 1.54) is 0 Å². The van der Waals surface area contributed by atoms with Crippen LogP contribution in [0, 0.1) is 0 Å². The summed E-state index contributed by atoms with van der Waals surface area (Å²) in [5, 5.41) is 11.7. The van der Waals surface area contributed by atoms with Gasteiger partial charge >= 0.3 is 5.97 Å². The van der Waals surface area contributed by atoms with Crippen LogP contribution in [0.15, 0.2) is 30.3 Å². The van der Waals surface area contributed by atoms with Crippen LogP contribution in [0.4, 0.5) is 0 Å². The lowest BCUT2D eigenvalue weighted by atomic mass is 9.77. The van der Waals surface area contributed by atoms with Crippen LogP contribution < -0.4 is 11.1 Å². The van der Waals surface area contributed by atoms with Gasteiger partial charge in [0.1, 0.15) is 0 Å². The van der Waals surface area contributed by atoms with E-state index in [2.05, 4.69) is 5.32 Å². The van der Waals surface area contributed by atoms with Crippen molar-refractivity contribution in [1.82, 2.24) is 5.32 Å². The fourth-order valence-corrected chi connectivity index (χ4v) is 2.20. The summed E-state index contributed by atoms with van der Waals surface area (Å²) in [7, 11) is 0. The van der Waals surface area contributed by atoms with E-state index in [1.807, 2.05) is 18.2 Å². The first-order valence-electron chi connectivity index (χ1n) is 6.38. The Labute approximate surface area is 111 Å². The van der Waals surface area contributed by atoms with Gasteiger partial charge in [-0.2, -0.15) is 0 Å². The van der Waals surface area contributed by atoms with Crippen LogP contribution in [0.2, 0.25) is 0 Å². The van der Waals surface area contributed by atoms with Crippen molar-refractivity contribution in [3.63, 3.8) is 0 Å². The fourth-order valence-electron chi connectivity index (χ4n) is 2.20. The van der Waals surface area contributed by atoms with Crippen molar-refractivity contribution < 1.29 is 14.7 Å². The monoisotopic (exact) mass is 262 g/mol. The Kier molecular flexibility index (Phi) is 3.85. The highest BCUT2D eigenvalue weighted by Gasteiger charge is 2.41. The lowest BCUT2D eigenvalue weighted by Crippen LogP contribution is -2.59. The maximum absolute atomic E-state index is 12.1. The van der Waals surface area contributed by atoms with Gasteiger partial charge in [0.25, 0.3) is 0 Å². The second-order valence-corrected chi connectivity index (χ2v) is 5.04. The highest BCUT2D eigenvalue weighted by Crippen LogP contribution is 2.30. The predicted molar refractivity (Wildman–Crippen MR) is 70.3 cm³/mol. The Bertz CT molecular complexity index is 469. The fraction of sp³-hybridized carbons (Fsp3) is 0.429. The summed E-state index contributed by atoms with van der Waals surface area (Å²) in [4.78, 5) is 23.0. The minimum atomic E-state index is -0.950. The van der Waals surface area contributed by atoms with Crippen molar-refractivity contribution in [2.24, 2.45) is 5.73 Å². The Morgan fingerprint density at radius 2 is 1.95 bits per heavy atom. The van der Waals surface area contributed by atoms with Crippen molar-refractivity contribution in [2.75, 3.05) is 0 Å². The van der Waals surface area contributed by atoms with Crippen molar-refractivity contribution >= 4 is 11.9 Å². The first kappa shape index (κ1) is 13.5. The molecule has 1 fully saturated rings. The zero-order chi connectivity index (χ0) is 13.9. The SMILES string of the molecule is NC1(C(=O)NC(CC(=O)O)c2ccccc2)CCC1. The Balaban J connectivity index is 2.10. The van der Waals surface area contributed by atoms with Crippen LogP contribution in [0.1, 0.15) is 37.3 Å². The molecule has 4 N–H and O–H groups in total. The lowest BCUT2D eigenvalue weighted by Gasteiger charge is -2.37. The van der Waals surface area contributed by atoms with E-state index in [-0.39, 0.29) is 12.3 Å². The van der Waals surface area contributed by atoms with Gasteiger partial charge in [0.15, 0.2) is 0 Å². The average Bonchev–Trinajstić information content (AvgIpc) is 2.35. The van der Waals surface area contributed by atoms with Gasteiger partial charge in [-0.05, 0) is 24.8 Å². The normalized spacial score (nSPS) is 18.2. The smallest absolute Gasteiger partial charge is 0.305 e. The van der Waals surface area contributed by atoms with Crippen LogP contribution >= 0.6 is 0 Å². The van der Waals surface area contributed by atoms with Crippen LogP contribution in [0.3, 0.4) is 0 Å². The molecule has 1 aliphatic rings. The van der Waals surface area contributed by atoms with E-state index < -0.39 is 17.6 Å². The molecule has 0 saturated heterocycles. The number of carboxylic acid groups (broad SMARTS) is 1. The van der Waals surface area contributed by atoms with Crippen LogP contribution in [-0.4, -0.2) is 22.5 Å². The van der Waals surface area contributed by atoms with E-state index in [4.69, 9.17) is 10.8 Å². The van der Waals surface area contributed by atoms with E-state index in [0.717, 1.165) is 12.0 Å². The molecular formula is C14H18N2O3. The maximum atomic E-state index is 12.1. The van der Waals surface area contributed by atoms with Gasteiger partial charge in [-0.3, -0.25) is 9.59 Å². The van der Waals surface area contributed by atoms with E-state index in [1.54, 1.807) is 12.1 Å². The quantitative estimate of drug-likeness (QED) is 0.743. The molecule has 1 aliphatic carbocycles. The molecule has 1 aromatic rings. The zero-order valence-corrected chi connectivity index (χ0v) is 10.6. The van der Waals surface area contributed by atoms with Crippen LogP contribution in [0.5, 0.6) is 0 Å². The Morgan fingerprint density at radius 1 is 1.32 bits per heavy atom. The van der Waals surface area contributed by atoms with Crippen molar-refractivity contribution in [3.8, 4) is 0 Å². The first-order chi connectivity index (χ1) is 9.01. The predicted octanol–water partition coefficient (Wildman–Crippen LogP) is 1.20. The van der Waals surface area contributed by atoms with Crippen LogP contribution in [-0.2, 0) is 9.59 Å². The highest BCUT2D eigenvalue weighted by molar-refractivity contribution is 5.87. The van der Waals surface area contributed by atoms with E-state index in [9.17, 15) is 9.59 Å². The molecule has 0 aromatic heterocycles. The van der Waals surface area contributed by atoms with Gasteiger partial charge in [-0.15, -0.1) is 0 Å². The topological polar surface area (TPSA) is 92.4 Å². The minimum Gasteiger partial charge on any atom is -0.481 e. The molecule has 2 rings (SSSR count). The molecule has 102 valence electrons. The summed E-state index contributed by atoms with van der Waals surface area (Å²) in [6, 6.07) is 8.55. The number of aliphatic carboxylic acids is 1. The largest absolute Gasteiger partial charge is 0.481 e. The number of carbonyl (C=O) groups is 2. The summed E-state index contributed by atoms with van der Waals surface area (Å²) in [5.41, 5.74) is 5.91. The van der Waals surface area contributed by atoms with Crippen molar-refractivity contribution in [2.45, 2.75) is 37.3 Å². The molecule has 19 heavy (non-hydrogen) atoms. The Hall–Kier alpha value is -1.88. The van der Waals surface area contributed by atoms with Crippen LogP contribution in [0.25, 0.3) is 0 Å². The minimum absolute atomic E-state index is 0.147. The zero-order valence-electron chi connectivity index (χ0n) is 10.6. The van der Waals surface area contributed by atoms with Crippen molar-refractivity contribution in [3.05, 3.63) is 35.9 Å². The molecule has 1 saturated carbocycles. The van der Waals surface area contributed by atoms with Gasteiger partial charge in [-0.1, -0.05) is 30.3 Å². The first-order valence-corrected chi connectivity index (χ1v) is 6.38. The second kappa shape index (κ2) is 5.40. The number of nitrogens with one attached hydrogen (secondary N) is 1. The standard InChI is InChI=1S/C14H18N2O3/c15-14(7-4-8-14)13(19)16-11(9-12(17)18)10-5-2-1-3-6-10/h1-3,5-6,11H,4,7-9,15H2,(H,16,19)(H,17,18). The van der Waals surface area contributed by atoms with Gasteiger partial charge in [0.2, 0.25) is 5.91 Å². The number of rotatable bonds is 5. The number of nitrogens with two attached hydrogens (primary N) is 1. The number of benzene rings is 1. The molecule has 0 bridgehead atoms. The van der Waals surface area contributed by atoms with E-state index in [0.29, 0.717) is 12.8 Å². The molecule has 1 atom stereocenters. The number of carboxylic acids is 1. The summed E-state index contributed by atoms with van der Waals surface area (Å²) in [5.74, 6) is -1.21. The third-order valence-electron chi connectivity index (χ3n) is 3.58. The molecule has 1 aromatic carbocycles. The van der Waals surface area contributed by atoms with Gasteiger partial charge in [0.05, 0.1) is 18.0 Å². The molecule has 1 unspecified atom stereocenters. The summed E-state index contributed by atoms with van der Waals surface area (Å²) < 4.78 is 0. The molecule has 1 amide bonds. The molecule has 0 aliphatic heterocycles. The molecule has 0 heterocycles. The third kappa shape index (κ3) is 3.12.